The third kappa shape index (κ3) is 2.91. The Kier molecular flexibility index (Phi) is 3.70. The average molecular weight is 253 g/mol. The van der Waals surface area contributed by atoms with E-state index in [9.17, 15) is 0 Å². The molecule has 0 unspecified atom stereocenters. The second-order valence-electron chi connectivity index (χ2n) is 3.35. The standard InChI is InChI=1S/C13H10Cl2O/c14-11-7-5-10(6-8-11)9-16-13-4-2-1-3-12(13)15/h1-8H,9H2. The van der Waals surface area contributed by atoms with Gasteiger partial charge in [0.15, 0.2) is 0 Å². The molecule has 0 fully saturated rings. The first-order valence-electron chi connectivity index (χ1n) is 4.87. The molecule has 0 N–H and O–H groups in total. The summed E-state index contributed by atoms with van der Waals surface area (Å²) in [7, 11) is 0. The maximum absolute atomic E-state index is 5.97. The molecule has 0 saturated carbocycles. The van der Waals surface area contributed by atoms with Crippen LogP contribution >= 0.6 is 23.2 Å². The van der Waals surface area contributed by atoms with E-state index < -0.39 is 0 Å². The minimum atomic E-state index is 0.487. The molecule has 2 aromatic rings. The fourth-order valence-electron chi connectivity index (χ4n) is 1.30. The van der Waals surface area contributed by atoms with E-state index >= 15 is 0 Å². The van der Waals surface area contributed by atoms with Crippen molar-refractivity contribution in [2.45, 2.75) is 6.61 Å². The minimum Gasteiger partial charge on any atom is -0.487 e. The van der Waals surface area contributed by atoms with Crippen LogP contribution in [0.2, 0.25) is 10.0 Å². The Morgan fingerprint density at radius 3 is 2.25 bits per heavy atom. The topological polar surface area (TPSA) is 9.23 Å². The van der Waals surface area contributed by atoms with Crippen LogP contribution in [0.1, 0.15) is 5.56 Å². The number of benzene rings is 2. The second kappa shape index (κ2) is 5.24. The van der Waals surface area contributed by atoms with Crippen LogP contribution in [0.15, 0.2) is 48.5 Å². The molecular formula is C13H10Cl2O. The Bertz CT molecular complexity index is 466. The van der Waals surface area contributed by atoms with Crippen molar-refractivity contribution in [1.82, 2.24) is 0 Å². The summed E-state index contributed by atoms with van der Waals surface area (Å²) in [5, 5.41) is 1.35. The molecule has 0 atom stereocenters. The molecule has 0 aromatic heterocycles. The lowest BCUT2D eigenvalue weighted by Crippen LogP contribution is -1.95. The SMILES string of the molecule is Clc1ccc(COc2ccccc2Cl)cc1. The summed E-state index contributed by atoms with van der Waals surface area (Å²) in [6.45, 7) is 0.487. The van der Waals surface area contributed by atoms with E-state index in [1.54, 1.807) is 6.07 Å². The van der Waals surface area contributed by atoms with E-state index in [1.807, 2.05) is 42.5 Å². The molecule has 0 aliphatic rings. The summed E-state index contributed by atoms with van der Waals surface area (Å²) < 4.78 is 5.59. The van der Waals surface area contributed by atoms with E-state index in [0.717, 1.165) is 10.6 Å². The Balaban J connectivity index is 2.02. The second-order valence-corrected chi connectivity index (χ2v) is 4.19. The van der Waals surface area contributed by atoms with Crippen molar-refractivity contribution in [1.29, 1.82) is 0 Å². The highest BCUT2D eigenvalue weighted by Gasteiger charge is 2.00. The van der Waals surface area contributed by atoms with Crippen molar-refractivity contribution < 1.29 is 4.74 Å². The van der Waals surface area contributed by atoms with Gasteiger partial charge in [-0.2, -0.15) is 0 Å². The largest absolute Gasteiger partial charge is 0.487 e. The molecule has 0 aliphatic carbocycles. The van der Waals surface area contributed by atoms with Gasteiger partial charge in [0.05, 0.1) is 5.02 Å². The molecule has 0 bridgehead atoms. The molecule has 3 heteroatoms. The molecule has 0 heterocycles. The number of para-hydroxylation sites is 1. The van der Waals surface area contributed by atoms with Crippen molar-refractivity contribution in [2.24, 2.45) is 0 Å². The van der Waals surface area contributed by atoms with Crippen LogP contribution in [-0.4, -0.2) is 0 Å². The smallest absolute Gasteiger partial charge is 0.138 e. The van der Waals surface area contributed by atoms with Gasteiger partial charge in [-0.3, -0.25) is 0 Å². The van der Waals surface area contributed by atoms with Crippen LogP contribution in [0.3, 0.4) is 0 Å². The van der Waals surface area contributed by atoms with Crippen LogP contribution < -0.4 is 4.74 Å². The van der Waals surface area contributed by atoms with Crippen LogP contribution in [0.4, 0.5) is 0 Å². The third-order valence-corrected chi connectivity index (χ3v) is 2.71. The highest BCUT2D eigenvalue weighted by Crippen LogP contribution is 2.24. The van der Waals surface area contributed by atoms with Gasteiger partial charge in [-0.25, -0.2) is 0 Å². The zero-order valence-corrected chi connectivity index (χ0v) is 10.0. The zero-order valence-electron chi connectivity index (χ0n) is 8.49. The minimum absolute atomic E-state index is 0.487. The lowest BCUT2D eigenvalue weighted by Gasteiger charge is -2.07. The maximum Gasteiger partial charge on any atom is 0.138 e. The Morgan fingerprint density at radius 2 is 1.56 bits per heavy atom. The lowest BCUT2D eigenvalue weighted by atomic mass is 10.2. The van der Waals surface area contributed by atoms with Gasteiger partial charge in [0.2, 0.25) is 0 Å². The fraction of sp³-hybridized carbons (Fsp3) is 0.0769. The Hall–Kier alpha value is -1.18. The van der Waals surface area contributed by atoms with Crippen molar-refractivity contribution in [3.8, 4) is 5.75 Å². The summed E-state index contributed by atoms with van der Waals surface area (Å²) in [4.78, 5) is 0. The molecule has 0 amide bonds. The van der Waals surface area contributed by atoms with E-state index in [4.69, 9.17) is 27.9 Å². The van der Waals surface area contributed by atoms with Crippen molar-refractivity contribution >= 4 is 23.2 Å². The van der Waals surface area contributed by atoms with Crippen LogP contribution in [0.5, 0.6) is 5.75 Å². The van der Waals surface area contributed by atoms with Crippen molar-refractivity contribution in [2.75, 3.05) is 0 Å². The van der Waals surface area contributed by atoms with Crippen molar-refractivity contribution in [3.63, 3.8) is 0 Å². The average Bonchev–Trinajstić information content (AvgIpc) is 2.30. The number of halogens is 2. The van der Waals surface area contributed by atoms with Crippen LogP contribution in [-0.2, 0) is 6.61 Å². The molecule has 0 spiro atoms. The van der Waals surface area contributed by atoms with Gasteiger partial charge in [0, 0.05) is 5.02 Å². The summed E-state index contributed by atoms with van der Waals surface area (Å²) in [6, 6.07) is 15.0. The molecule has 2 rings (SSSR count). The van der Waals surface area contributed by atoms with Crippen molar-refractivity contribution in [3.05, 3.63) is 64.1 Å². The molecular weight excluding hydrogens is 243 g/mol. The number of hydrogen-bond acceptors (Lipinski definition) is 1. The molecule has 1 nitrogen and oxygen atoms in total. The predicted octanol–water partition coefficient (Wildman–Crippen LogP) is 4.57. The first-order valence-corrected chi connectivity index (χ1v) is 5.63. The maximum atomic E-state index is 5.97. The summed E-state index contributed by atoms with van der Waals surface area (Å²) >= 11 is 11.8. The zero-order chi connectivity index (χ0) is 11.4. The van der Waals surface area contributed by atoms with E-state index in [0.29, 0.717) is 17.4 Å². The van der Waals surface area contributed by atoms with E-state index in [1.165, 1.54) is 0 Å². The predicted molar refractivity (Wildman–Crippen MR) is 67.2 cm³/mol. The Labute approximate surface area is 105 Å². The van der Waals surface area contributed by atoms with Gasteiger partial charge in [-0.1, -0.05) is 47.5 Å². The molecule has 16 heavy (non-hydrogen) atoms. The molecule has 0 aliphatic heterocycles. The fourth-order valence-corrected chi connectivity index (χ4v) is 1.62. The van der Waals surface area contributed by atoms with Gasteiger partial charge in [-0.15, -0.1) is 0 Å². The van der Waals surface area contributed by atoms with E-state index in [2.05, 4.69) is 0 Å². The van der Waals surface area contributed by atoms with Gasteiger partial charge in [0.1, 0.15) is 12.4 Å². The first kappa shape index (κ1) is 11.3. The molecule has 0 radical (unpaired) electrons. The highest BCUT2D eigenvalue weighted by atomic mass is 35.5. The monoisotopic (exact) mass is 252 g/mol. The number of hydrogen-bond donors (Lipinski definition) is 0. The molecule has 0 saturated heterocycles. The van der Waals surface area contributed by atoms with Crippen LogP contribution in [0, 0.1) is 0 Å². The number of rotatable bonds is 3. The lowest BCUT2D eigenvalue weighted by molar-refractivity contribution is 0.306. The summed E-state index contributed by atoms with van der Waals surface area (Å²) in [6.07, 6.45) is 0. The van der Waals surface area contributed by atoms with Gasteiger partial charge in [-0.05, 0) is 29.8 Å². The van der Waals surface area contributed by atoms with Gasteiger partial charge >= 0.3 is 0 Å². The third-order valence-electron chi connectivity index (χ3n) is 2.14. The molecule has 82 valence electrons. The number of ether oxygens (including phenoxy) is 1. The first-order chi connectivity index (χ1) is 7.75. The van der Waals surface area contributed by atoms with Crippen LogP contribution in [0.25, 0.3) is 0 Å². The Morgan fingerprint density at radius 1 is 0.875 bits per heavy atom. The quantitative estimate of drug-likeness (QED) is 0.778. The summed E-state index contributed by atoms with van der Waals surface area (Å²) in [5.41, 5.74) is 1.06. The van der Waals surface area contributed by atoms with E-state index in [-0.39, 0.29) is 0 Å². The normalized spacial score (nSPS) is 10.1. The summed E-state index contributed by atoms with van der Waals surface area (Å²) in [5.74, 6) is 0.694. The highest BCUT2D eigenvalue weighted by molar-refractivity contribution is 6.32. The molecule has 2 aromatic carbocycles. The van der Waals surface area contributed by atoms with Gasteiger partial charge in [0.25, 0.3) is 0 Å². The van der Waals surface area contributed by atoms with Gasteiger partial charge < -0.3 is 4.74 Å².